The summed E-state index contributed by atoms with van der Waals surface area (Å²) in [7, 11) is 3.38. The summed E-state index contributed by atoms with van der Waals surface area (Å²) >= 11 is 0. The second-order valence-electron chi connectivity index (χ2n) is 9.11. The number of esters is 1. The number of aryl methyl sites for hydroxylation is 2. The highest BCUT2D eigenvalue weighted by Crippen LogP contribution is 2.26. The van der Waals surface area contributed by atoms with Crippen molar-refractivity contribution in [3.8, 4) is 5.69 Å². The summed E-state index contributed by atoms with van der Waals surface area (Å²) in [4.78, 5) is 48.7. The minimum atomic E-state index is -0.686. The van der Waals surface area contributed by atoms with Gasteiger partial charge >= 0.3 is 5.97 Å². The van der Waals surface area contributed by atoms with Crippen molar-refractivity contribution in [1.29, 1.82) is 0 Å². The molecule has 1 amide bonds. The molecule has 0 unspecified atom stereocenters. The van der Waals surface area contributed by atoms with E-state index in [0.29, 0.717) is 16.9 Å². The van der Waals surface area contributed by atoms with Crippen LogP contribution in [0.3, 0.4) is 0 Å². The zero-order chi connectivity index (χ0) is 26.1. The van der Waals surface area contributed by atoms with Crippen molar-refractivity contribution >= 4 is 34.5 Å². The third-order valence-corrected chi connectivity index (χ3v) is 6.37. The molecule has 9 heteroatoms. The van der Waals surface area contributed by atoms with E-state index in [-0.39, 0.29) is 29.4 Å². The number of nitrogens with zero attached hydrogens (tertiary/aromatic N) is 4. The number of nitrogens with one attached hydrogen (secondary N) is 1. The Morgan fingerprint density at radius 3 is 2.70 bits per heavy atom. The molecule has 0 aliphatic heterocycles. The number of carbonyl (C=O) groups excluding carboxylic acids is 2. The maximum atomic E-state index is 13.2. The molecule has 2 heterocycles. The average Bonchev–Trinajstić information content (AvgIpc) is 3.37. The molecule has 0 fully saturated rings. The van der Waals surface area contributed by atoms with Crippen molar-refractivity contribution in [3.05, 3.63) is 87.3 Å². The lowest BCUT2D eigenvalue weighted by Crippen LogP contribution is -2.22. The Kier molecular flexibility index (Phi) is 6.43. The molecule has 1 N–H and O–H groups in total. The van der Waals surface area contributed by atoms with Gasteiger partial charge in [-0.15, -0.1) is 0 Å². The number of amides is 1. The number of hydrogen-bond donors (Lipinski definition) is 1. The smallest absolute Gasteiger partial charge is 0.343 e. The third-order valence-electron chi connectivity index (χ3n) is 6.37. The number of carbonyl (C=O) groups is 2. The normalized spacial score (nSPS) is 12.3. The Morgan fingerprint density at radius 2 is 1.92 bits per heavy atom. The van der Waals surface area contributed by atoms with E-state index in [1.165, 1.54) is 28.4 Å². The van der Waals surface area contributed by atoms with Crippen molar-refractivity contribution in [2.75, 3.05) is 26.0 Å². The molecule has 0 saturated heterocycles. The van der Waals surface area contributed by atoms with Crippen molar-refractivity contribution in [3.63, 3.8) is 0 Å². The number of benzene rings is 2. The summed E-state index contributed by atoms with van der Waals surface area (Å²) in [6.45, 7) is 1.85. The molecule has 9 nitrogen and oxygen atoms in total. The maximum Gasteiger partial charge on any atom is 0.343 e. The number of anilines is 2. The highest BCUT2D eigenvalue weighted by Gasteiger charge is 2.20. The van der Waals surface area contributed by atoms with Crippen molar-refractivity contribution < 1.29 is 14.3 Å². The van der Waals surface area contributed by atoms with Crippen LogP contribution in [-0.4, -0.2) is 52.0 Å². The van der Waals surface area contributed by atoms with Crippen LogP contribution >= 0.6 is 0 Å². The predicted molar refractivity (Wildman–Crippen MR) is 141 cm³/mol. The molecule has 0 atom stereocenters. The molecule has 4 aromatic rings. The van der Waals surface area contributed by atoms with Crippen molar-refractivity contribution in [2.45, 2.75) is 26.2 Å². The third kappa shape index (κ3) is 4.67. The Morgan fingerprint density at radius 1 is 1.11 bits per heavy atom. The number of ether oxygens (including phenoxy) is 1. The monoisotopic (exact) mass is 497 g/mol. The maximum absolute atomic E-state index is 13.2. The van der Waals surface area contributed by atoms with E-state index in [1.807, 2.05) is 6.07 Å². The van der Waals surface area contributed by atoms with Crippen LogP contribution < -0.4 is 10.7 Å². The van der Waals surface area contributed by atoms with Crippen LogP contribution in [0.5, 0.6) is 0 Å². The van der Waals surface area contributed by atoms with E-state index in [2.05, 4.69) is 27.4 Å². The molecule has 5 rings (SSSR count). The van der Waals surface area contributed by atoms with Gasteiger partial charge in [-0.05, 0) is 67.6 Å². The predicted octanol–water partition coefficient (Wildman–Crippen LogP) is 3.89. The average molecular weight is 498 g/mol. The fourth-order valence-corrected chi connectivity index (χ4v) is 4.55. The molecule has 2 aromatic heterocycles. The molecule has 1 aliphatic carbocycles. The van der Waals surface area contributed by atoms with Gasteiger partial charge in [0.15, 0.2) is 5.65 Å². The first-order chi connectivity index (χ1) is 17.9. The Balaban J connectivity index is 1.63. The van der Waals surface area contributed by atoms with Crippen LogP contribution in [0.15, 0.2) is 59.7 Å². The van der Waals surface area contributed by atoms with Crippen LogP contribution in [0.4, 0.5) is 11.6 Å². The standard InChI is InChI=1S/C28H27N5O4/c1-4-37-27(36)23-16-33(21-12-11-17-7-5-8-18(17)14-21)25-22(24(23)34)15-29-28(31-25)30-20-10-6-9-19(13-20)26(35)32(2)3/h6,9-16H,4-5,7-8H2,1-3H3,(H,29,30,31). The lowest BCUT2D eigenvalue weighted by molar-refractivity contribution is 0.0524. The molecular weight excluding hydrogens is 470 g/mol. The van der Waals surface area contributed by atoms with E-state index >= 15 is 0 Å². The Hall–Kier alpha value is -4.53. The summed E-state index contributed by atoms with van der Waals surface area (Å²) in [5, 5.41) is 3.33. The van der Waals surface area contributed by atoms with Crippen LogP contribution in [-0.2, 0) is 17.6 Å². The van der Waals surface area contributed by atoms with E-state index in [4.69, 9.17) is 4.74 Å². The van der Waals surface area contributed by atoms with Gasteiger partial charge in [-0.2, -0.15) is 4.98 Å². The van der Waals surface area contributed by atoms with Crippen LogP contribution in [0.2, 0.25) is 0 Å². The summed E-state index contributed by atoms with van der Waals surface area (Å²) < 4.78 is 6.87. The zero-order valence-corrected chi connectivity index (χ0v) is 20.9. The zero-order valence-electron chi connectivity index (χ0n) is 20.9. The summed E-state index contributed by atoms with van der Waals surface area (Å²) in [6, 6.07) is 13.1. The molecule has 0 radical (unpaired) electrons. The van der Waals surface area contributed by atoms with E-state index in [9.17, 15) is 14.4 Å². The second-order valence-corrected chi connectivity index (χ2v) is 9.11. The number of hydrogen-bond acceptors (Lipinski definition) is 7. The first kappa shape index (κ1) is 24.2. The molecule has 0 saturated carbocycles. The molecule has 37 heavy (non-hydrogen) atoms. The topological polar surface area (TPSA) is 106 Å². The van der Waals surface area contributed by atoms with E-state index < -0.39 is 11.4 Å². The molecule has 0 spiro atoms. The van der Waals surface area contributed by atoms with Gasteiger partial charge in [0.2, 0.25) is 11.4 Å². The lowest BCUT2D eigenvalue weighted by atomic mass is 10.1. The fourth-order valence-electron chi connectivity index (χ4n) is 4.55. The van der Waals surface area contributed by atoms with Gasteiger partial charge in [0.05, 0.1) is 12.0 Å². The largest absolute Gasteiger partial charge is 0.462 e. The second kappa shape index (κ2) is 9.85. The number of aromatic nitrogens is 3. The van der Waals surface area contributed by atoms with E-state index in [1.54, 1.807) is 49.9 Å². The summed E-state index contributed by atoms with van der Waals surface area (Å²) in [5.74, 6) is -0.561. The minimum absolute atomic E-state index is 0.0749. The van der Waals surface area contributed by atoms with E-state index in [0.717, 1.165) is 24.9 Å². The Bertz CT molecular complexity index is 1590. The van der Waals surface area contributed by atoms with Crippen LogP contribution in [0.25, 0.3) is 16.7 Å². The summed E-state index contributed by atoms with van der Waals surface area (Å²) in [5.41, 5.74) is 4.28. The SMILES string of the molecule is CCOC(=O)c1cn(-c2ccc3c(c2)CCC3)c2nc(Nc3cccc(C(=O)N(C)C)c3)ncc2c1=O. The highest BCUT2D eigenvalue weighted by atomic mass is 16.5. The van der Waals surface area contributed by atoms with Gasteiger partial charge in [-0.1, -0.05) is 12.1 Å². The van der Waals surface area contributed by atoms with Gasteiger partial charge < -0.3 is 19.5 Å². The number of rotatable bonds is 6. The Labute approximate surface area is 213 Å². The number of fused-ring (bicyclic) bond motifs is 2. The van der Waals surface area contributed by atoms with Crippen LogP contribution in [0.1, 0.15) is 45.2 Å². The molecule has 188 valence electrons. The lowest BCUT2D eigenvalue weighted by Gasteiger charge is -2.15. The molecule has 1 aliphatic rings. The number of pyridine rings is 1. The molecule has 0 bridgehead atoms. The van der Waals surface area contributed by atoms with Gasteiger partial charge in [-0.3, -0.25) is 9.59 Å². The summed E-state index contributed by atoms with van der Waals surface area (Å²) in [6.07, 6.45) is 6.03. The molecule has 2 aromatic carbocycles. The van der Waals surface area contributed by atoms with Gasteiger partial charge in [0, 0.05) is 43.4 Å². The van der Waals surface area contributed by atoms with Gasteiger partial charge in [0.1, 0.15) is 5.56 Å². The molecular formula is C28H27N5O4. The first-order valence-electron chi connectivity index (χ1n) is 12.2. The van der Waals surface area contributed by atoms with Crippen LogP contribution in [0, 0.1) is 0 Å². The van der Waals surface area contributed by atoms with Crippen molar-refractivity contribution in [1.82, 2.24) is 19.4 Å². The van der Waals surface area contributed by atoms with Crippen molar-refractivity contribution in [2.24, 2.45) is 0 Å². The van der Waals surface area contributed by atoms with Gasteiger partial charge in [-0.25, -0.2) is 9.78 Å². The highest BCUT2D eigenvalue weighted by molar-refractivity contribution is 5.95. The quantitative estimate of drug-likeness (QED) is 0.403. The fraction of sp³-hybridized carbons (Fsp3) is 0.250. The first-order valence-corrected chi connectivity index (χ1v) is 12.2. The minimum Gasteiger partial charge on any atom is -0.462 e. The van der Waals surface area contributed by atoms with Gasteiger partial charge in [0.25, 0.3) is 5.91 Å².